The van der Waals surface area contributed by atoms with E-state index in [-0.39, 0.29) is 6.10 Å². The minimum Gasteiger partial charge on any atom is -0.481 e. The van der Waals surface area contributed by atoms with E-state index in [1.165, 1.54) is 0 Å². The first-order valence-electron chi connectivity index (χ1n) is 7.73. The van der Waals surface area contributed by atoms with Gasteiger partial charge in [0.2, 0.25) is 0 Å². The van der Waals surface area contributed by atoms with E-state index in [9.17, 15) is 15.0 Å². The zero-order valence-electron chi connectivity index (χ0n) is 12.3. The third-order valence-electron chi connectivity index (χ3n) is 4.30. The number of carboxylic acid groups (broad SMARTS) is 1. The Balaban J connectivity index is 1.93. The molecule has 6 heteroatoms. The Labute approximate surface area is 125 Å². The Kier molecular flexibility index (Phi) is 5.76. The molecule has 1 atom stereocenters. The summed E-state index contributed by atoms with van der Waals surface area (Å²) in [5.41, 5.74) is 6.27. The van der Waals surface area contributed by atoms with E-state index in [1.54, 1.807) is 6.33 Å². The molecule has 118 valence electrons. The molecule has 2 rings (SSSR count). The summed E-state index contributed by atoms with van der Waals surface area (Å²) in [6.45, 7) is 0.516. The standard InChI is InChI=1S/C15H25N3O3/c16-7-1-2-11(15(20)21)8-12-9-18(10-17-12)13-3-5-14(19)6-4-13/h9-11,13-14,19H,1-8,16H2,(H,20,21)/t11?,13-,14-. The normalized spacial score (nSPS) is 23.9. The molecule has 1 aliphatic rings. The number of nitrogens with zero attached hydrogens (tertiary/aromatic N) is 2. The highest BCUT2D eigenvalue weighted by molar-refractivity contribution is 5.70. The van der Waals surface area contributed by atoms with Crippen LogP contribution in [0.2, 0.25) is 0 Å². The summed E-state index contributed by atoms with van der Waals surface area (Å²) < 4.78 is 2.07. The number of aromatic nitrogens is 2. The molecule has 21 heavy (non-hydrogen) atoms. The van der Waals surface area contributed by atoms with E-state index in [0.29, 0.717) is 25.4 Å². The van der Waals surface area contributed by atoms with E-state index in [1.807, 2.05) is 6.20 Å². The second-order valence-corrected chi connectivity index (χ2v) is 5.94. The molecule has 0 spiro atoms. The molecule has 1 aromatic heterocycles. The van der Waals surface area contributed by atoms with Crippen molar-refractivity contribution in [1.29, 1.82) is 0 Å². The van der Waals surface area contributed by atoms with Gasteiger partial charge in [0.1, 0.15) is 0 Å². The zero-order chi connectivity index (χ0) is 15.2. The van der Waals surface area contributed by atoms with Gasteiger partial charge >= 0.3 is 5.97 Å². The summed E-state index contributed by atoms with van der Waals surface area (Å²) in [5.74, 6) is -1.19. The summed E-state index contributed by atoms with van der Waals surface area (Å²) >= 11 is 0. The third kappa shape index (κ3) is 4.54. The predicted molar refractivity (Wildman–Crippen MR) is 78.9 cm³/mol. The maximum atomic E-state index is 11.3. The average molecular weight is 295 g/mol. The Morgan fingerprint density at radius 3 is 2.76 bits per heavy atom. The van der Waals surface area contributed by atoms with Crippen LogP contribution in [0.1, 0.15) is 50.3 Å². The highest BCUT2D eigenvalue weighted by Crippen LogP contribution is 2.28. The van der Waals surface area contributed by atoms with Crippen molar-refractivity contribution in [2.24, 2.45) is 11.7 Å². The minimum absolute atomic E-state index is 0.170. The predicted octanol–water partition coefficient (Wildman–Crippen LogP) is 1.34. The maximum absolute atomic E-state index is 11.3. The van der Waals surface area contributed by atoms with E-state index in [0.717, 1.165) is 37.8 Å². The van der Waals surface area contributed by atoms with Crippen molar-refractivity contribution in [1.82, 2.24) is 9.55 Å². The van der Waals surface area contributed by atoms with Crippen LogP contribution >= 0.6 is 0 Å². The van der Waals surface area contributed by atoms with Gasteiger partial charge in [0.05, 0.1) is 24.0 Å². The number of carbonyl (C=O) groups is 1. The van der Waals surface area contributed by atoms with Crippen LogP contribution in [0.25, 0.3) is 0 Å². The maximum Gasteiger partial charge on any atom is 0.306 e. The molecule has 1 unspecified atom stereocenters. The Morgan fingerprint density at radius 1 is 1.43 bits per heavy atom. The molecule has 0 aliphatic heterocycles. The number of hydrogen-bond acceptors (Lipinski definition) is 4. The fraction of sp³-hybridized carbons (Fsp3) is 0.733. The van der Waals surface area contributed by atoms with Crippen LogP contribution in [0, 0.1) is 5.92 Å². The number of hydrogen-bond donors (Lipinski definition) is 3. The van der Waals surface area contributed by atoms with Gasteiger partial charge in [0.25, 0.3) is 0 Å². The first-order valence-corrected chi connectivity index (χ1v) is 7.73. The van der Waals surface area contributed by atoms with Gasteiger partial charge in [-0.2, -0.15) is 0 Å². The molecule has 1 saturated carbocycles. The number of nitrogens with two attached hydrogens (primary N) is 1. The Bertz CT molecular complexity index is 453. The van der Waals surface area contributed by atoms with Crippen molar-refractivity contribution in [2.75, 3.05) is 6.54 Å². The lowest BCUT2D eigenvalue weighted by Crippen LogP contribution is -2.20. The van der Waals surface area contributed by atoms with Crippen LogP contribution in [0.5, 0.6) is 0 Å². The number of imidazole rings is 1. The number of aliphatic hydroxyl groups excluding tert-OH is 1. The van der Waals surface area contributed by atoms with Crippen molar-refractivity contribution >= 4 is 5.97 Å². The van der Waals surface area contributed by atoms with Gasteiger partial charge in [-0.3, -0.25) is 4.79 Å². The molecule has 0 aromatic carbocycles. The van der Waals surface area contributed by atoms with Gasteiger partial charge in [-0.05, 0) is 45.1 Å². The van der Waals surface area contributed by atoms with E-state index < -0.39 is 11.9 Å². The van der Waals surface area contributed by atoms with Gasteiger partial charge in [-0.15, -0.1) is 0 Å². The molecule has 4 N–H and O–H groups in total. The SMILES string of the molecule is NCCCC(Cc1cn([C@H]2CC[C@H](O)CC2)cn1)C(=O)O. The molecule has 0 saturated heterocycles. The van der Waals surface area contributed by atoms with Crippen molar-refractivity contribution < 1.29 is 15.0 Å². The number of carboxylic acids is 1. The fourth-order valence-corrected chi connectivity index (χ4v) is 2.97. The monoisotopic (exact) mass is 295 g/mol. The van der Waals surface area contributed by atoms with Crippen LogP contribution in [-0.2, 0) is 11.2 Å². The van der Waals surface area contributed by atoms with Gasteiger partial charge in [-0.25, -0.2) is 4.98 Å². The highest BCUT2D eigenvalue weighted by Gasteiger charge is 2.22. The summed E-state index contributed by atoms with van der Waals surface area (Å²) in [4.78, 5) is 15.6. The quantitative estimate of drug-likeness (QED) is 0.704. The topological polar surface area (TPSA) is 101 Å². The summed E-state index contributed by atoms with van der Waals surface area (Å²) in [6, 6.07) is 0.377. The van der Waals surface area contributed by atoms with Crippen LogP contribution in [0.3, 0.4) is 0 Å². The van der Waals surface area contributed by atoms with Crippen molar-refractivity contribution in [3.8, 4) is 0 Å². The molecule has 1 fully saturated rings. The van der Waals surface area contributed by atoms with Crippen molar-refractivity contribution in [3.63, 3.8) is 0 Å². The first-order chi connectivity index (χ1) is 10.1. The first kappa shape index (κ1) is 16.0. The second-order valence-electron chi connectivity index (χ2n) is 5.94. The van der Waals surface area contributed by atoms with Crippen molar-refractivity contribution in [3.05, 3.63) is 18.2 Å². The van der Waals surface area contributed by atoms with E-state index in [4.69, 9.17) is 5.73 Å². The molecule has 1 heterocycles. The largest absolute Gasteiger partial charge is 0.481 e. The fourth-order valence-electron chi connectivity index (χ4n) is 2.97. The van der Waals surface area contributed by atoms with Crippen molar-refractivity contribution in [2.45, 2.75) is 57.1 Å². The molecule has 0 radical (unpaired) electrons. The Morgan fingerprint density at radius 2 is 2.14 bits per heavy atom. The summed E-state index contributed by atoms with van der Waals surface area (Å²) in [7, 11) is 0. The minimum atomic E-state index is -0.779. The van der Waals surface area contributed by atoms with Gasteiger partial charge in [0.15, 0.2) is 0 Å². The van der Waals surface area contributed by atoms with Gasteiger partial charge < -0.3 is 20.5 Å². The van der Waals surface area contributed by atoms with Crippen LogP contribution in [0.15, 0.2) is 12.5 Å². The lowest BCUT2D eigenvalue weighted by Gasteiger charge is -2.26. The molecule has 0 bridgehead atoms. The van der Waals surface area contributed by atoms with E-state index >= 15 is 0 Å². The third-order valence-corrected chi connectivity index (χ3v) is 4.30. The van der Waals surface area contributed by atoms with E-state index in [2.05, 4.69) is 9.55 Å². The van der Waals surface area contributed by atoms with Gasteiger partial charge in [-0.1, -0.05) is 0 Å². The molecule has 6 nitrogen and oxygen atoms in total. The molecule has 1 aromatic rings. The summed E-state index contributed by atoms with van der Waals surface area (Å²) in [5, 5.41) is 18.8. The lowest BCUT2D eigenvalue weighted by atomic mass is 9.93. The smallest absolute Gasteiger partial charge is 0.306 e. The van der Waals surface area contributed by atoms with Crippen LogP contribution in [-0.4, -0.2) is 38.4 Å². The van der Waals surface area contributed by atoms with Crippen LogP contribution < -0.4 is 5.73 Å². The summed E-state index contributed by atoms with van der Waals surface area (Å²) in [6.07, 6.45) is 8.90. The molecular weight excluding hydrogens is 270 g/mol. The van der Waals surface area contributed by atoms with Gasteiger partial charge in [0, 0.05) is 18.7 Å². The number of aliphatic carboxylic acids is 1. The molecule has 1 aliphatic carbocycles. The zero-order valence-corrected chi connectivity index (χ0v) is 12.3. The molecular formula is C15H25N3O3. The number of aliphatic hydroxyl groups is 1. The second kappa shape index (κ2) is 7.56. The van der Waals surface area contributed by atoms with Crippen LogP contribution in [0.4, 0.5) is 0 Å². The lowest BCUT2D eigenvalue weighted by molar-refractivity contribution is -0.142. The molecule has 0 amide bonds. The highest BCUT2D eigenvalue weighted by atomic mass is 16.4. The Hall–Kier alpha value is -1.40. The number of rotatable bonds is 7. The average Bonchev–Trinajstić information content (AvgIpc) is 2.92.